The van der Waals surface area contributed by atoms with E-state index in [9.17, 15) is 24.6 Å². The van der Waals surface area contributed by atoms with Gasteiger partial charge in [-0.1, -0.05) is 49.0 Å². The molecule has 0 aliphatic rings. The Morgan fingerprint density at radius 1 is 1.16 bits per heavy atom. The van der Waals surface area contributed by atoms with Crippen molar-refractivity contribution in [1.29, 1.82) is 0 Å². The second-order valence-electron chi connectivity index (χ2n) is 9.21. The van der Waals surface area contributed by atoms with Crippen LogP contribution in [0.1, 0.15) is 88.8 Å². The second kappa shape index (κ2) is 17.0. The van der Waals surface area contributed by atoms with Crippen LogP contribution < -0.4 is 10.9 Å². The minimum Gasteiger partial charge on any atom is -0.507 e. The molecule has 8 nitrogen and oxygen atoms in total. The lowest BCUT2D eigenvalue weighted by Gasteiger charge is -2.11. The zero-order valence-electron chi connectivity index (χ0n) is 23.2. The summed E-state index contributed by atoms with van der Waals surface area (Å²) in [6.45, 7) is 9.16. The number of aliphatic hydroxyl groups is 1. The van der Waals surface area contributed by atoms with E-state index < -0.39 is 34.9 Å². The van der Waals surface area contributed by atoms with E-state index in [1.807, 2.05) is 45.9 Å². The van der Waals surface area contributed by atoms with E-state index in [-0.39, 0.29) is 17.3 Å². The number of amides is 1. The summed E-state index contributed by atoms with van der Waals surface area (Å²) in [6, 6.07) is 1.30. The van der Waals surface area contributed by atoms with E-state index >= 15 is 0 Å². The minimum atomic E-state index is -0.892. The van der Waals surface area contributed by atoms with Gasteiger partial charge in [0.25, 0.3) is 0 Å². The molecular weight excluding hydrogens is 486 g/mol. The molecule has 0 fully saturated rings. The number of methoxy groups -OCH3 is 1. The van der Waals surface area contributed by atoms with Crippen LogP contribution in [0.5, 0.6) is 5.75 Å². The van der Waals surface area contributed by atoms with Crippen LogP contribution in [0.25, 0.3) is 0 Å². The molecule has 0 bridgehead atoms. The number of rotatable bonds is 14. The summed E-state index contributed by atoms with van der Waals surface area (Å²) < 4.78 is 9.82. The third kappa shape index (κ3) is 11.2. The van der Waals surface area contributed by atoms with Crippen LogP contribution in [0.3, 0.4) is 0 Å². The van der Waals surface area contributed by atoms with E-state index in [2.05, 4.69) is 10.1 Å². The number of Topliss-reactive ketones (excluding diaryl/α,β-unsaturated/α-hetero) is 1. The molecule has 0 aliphatic heterocycles. The largest absolute Gasteiger partial charge is 0.507 e. The molecule has 0 radical (unpaired) electrons. The number of hydrogen-bond donors (Lipinski definition) is 3. The Balaban J connectivity index is 2.82. The van der Waals surface area contributed by atoms with Gasteiger partial charge in [0.2, 0.25) is 0 Å². The van der Waals surface area contributed by atoms with Gasteiger partial charge in [-0.15, -0.1) is 0 Å². The topological polar surface area (TPSA) is 126 Å². The van der Waals surface area contributed by atoms with Crippen LogP contribution in [0.4, 0.5) is 4.79 Å². The molecule has 0 saturated heterocycles. The highest BCUT2D eigenvalue weighted by atomic mass is 16.5. The van der Waals surface area contributed by atoms with Crippen molar-refractivity contribution in [1.82, 2.24) is 5.32 Å². The molecule has 1 aromatic rings. The highest BCUT2D eigenvalue weighted by molar-refractivity contribution is 6.09. The maximum absolute atomic E-state index is 12.9. The molecule has 0 unspecified atom stereocenters. The summed E-state index contributed by atoms with van der Waals surface area (Å²) in [5, 5.41) is 23.2. The first-order valence-electron chi connectivity index (χ1n) is 12.7. The van der Waals surface area contributed by atoms with Gasteiger partial charge in [0.05, 0.1) is 13.2 Å². The van der Waals surface area contributed by atoms with Gasteiger partial charge in [-0.05, 0) is 70.9 Å². The van der Waals surface area contributed by atoms with Gasteiger partial charge in [0.1, 0.15) is 17.1 Å². The Kier molecular flexibility index (Phi) is 14.5. The van der Waals surface area contributed by atoms with Gasteiger partial charge in [-0.3, -0.25) is 10.1 Å². The molecule has 0 saturated carbocycles. The first-order chi connectivity index (χ1) is 18.0. The third-order valence-corrected chi connectivity index (χ3v) is 6.06. The Bertz CT molecular complexity index is 1150. The highest BCUT2D eigenvalue weighted by Crippen LogP contribution is 2.26. The summed E-state index contributed by atoms with van der Waals surface area (Å²) in [5.74, 6) is -0.976. The lowest BCUT2D eigenvalue weighted by molar-refractivity contribution is 0.102. The lowest BCUT2D eigenvalue weighted by atomic mass is 9.99. The number of aliphatic hydroxyl groups excluding tert-OH is 1. The second-order valence-corrected chi connectivity index (χ2v) is 9.21. The van der Waals surface area contributed by atoms with Gasteiger partial charge < -0.3 is 19.4 Å². The fourth-order valence-corrected chi connectivity index (χ4v) is 3.45. The van der Waals surface area contributed by atoms with Crippen LogP contribution in [0, 0.1) is 0 Å². The predicted octanol–water partition coefficient (Wildman–Crippen LogP) is 6.23. The molecule has 1 rings (SSSR count). The Morgan fingerprint density at radius 3 is 2.50 bits per heavy atom. The number of carbonyl (C=O) groups excluding carboxylic acids is 2. The maximum Gasteiger partial charge on any atom is 0.410 e. The normalized spacial score (nSPS) is 14.7. The van der Waals surface area contributed by atoms with E-state index in [1.165, 1.54) is 19.4 Å². The summed E-state index contributed by atoms with van der Waals surface area (Å²) in [4.78, 5) is 36.4. The molecule has 0 aliphatic carbocycles. The van der Waals surface area contributed by atoms with Crippen LogP contribution >= 0.6 is 0 Å². The zero-order valence-corrected chi connectivity index (χ0v) is 23.2. The van der Waals surface area contributed by atoms with Crippen molar-refractivity contribution in [2.45, 2.75) is 78.7 Å². The number of allylic oxidation sites excluding steroid dienone is 8. The van der Waals surface area contributed by atoms with Gasteiger partial charge >= 0.3 is 11.7 Å². The standard InChI is InChI=1S/C30H41NO7/c1-7-8-9-12-21(3)24(32)17-15-20(2)14-16-23(5)28(34)27-25(33)19-26(38-29(27)35)22(4)13-10-11-18-31-30(36)37-6/h7-8,11-12,14,16,18-19,22,24,32-33H,9-10,13,15,17H2,1-6H3,(H,31,36)/b8-7+,18-11+,20-14+,21-12+,23-16+/t22-,24-/m1/s1. The number of ether oxygens (including phenoxy) is 1. The first-order valence-corrected chi connectivity index (χ1v) is 12.7. The number of nitrogens with one attached hydrogen (secondary N) is 1. The molecule has 38 heavy (non-hydrogen) atoms. The average molecular weight is 528 g/mol. The quantitative estimate of drug-likeness (QED) is 0.113. The van der Waals surface area contributed by atoms with Crippen LogP contribution in [-0.4, -0.2) is 35.3 Å². The smallest absolute Gasteiger partial charge is 0.410 e. The van der Waals surface area contributed by atoms with Crippen LogP contribution in [0.2, 0.25) is 0 Å². The lowest BCUT2D eigenvalue weighted by Crippen LogP contribution is -2.17. The predicted molar refractivity (Wildman–Crippen MR) is 149 cm³/mol. The fourth-order valence-electron chi connectivity index (χ4n) is 3.45. The van der Waals surface area contributed by atoms with E-state index in [0.717, 1.165) is 17.6 Å². The van der Waals surface area contributed by atoms with Crippen molar-refractivity contribution in [3.05, 3.63) is 87.2 Å². The average Bonchev–Trinajstić information content (AvgIpc) is 2.89. The molecular formula is C30H41NO7. The van der Waals surface area contributed by atoms with Gasteiger partial charge in [0, 0.05) is 18.2 Å². The molecule has 3 N–H and O–H groups in total. The van der Waals surface area contributed by atoms with Gasteiger partial charge in [0.15, 0.2) is 5.78 Å². The molecule has 0 spiro atoms. The molecule has 1 heterocycles. The van der Waals surface area contributed by atoms with Crippen LogP contribution in [0.15, 0.2) is 74.7 Å². The molecule has 208 valence electrons. The molecule has 1 aromatic heterocycles. The van der Waals surface area contributed by atoms with Crippen molar-refractivity contribution in [3.63, 3.8) is 0 Å². The van der Waals surface area contributed by atoms with E-state index in [4.69, 9.17) is 4.42 Å². The summed E-state index contributed by atoms with van der Waals surface area (Å²) in [7, 11) is 1.27. The maximum atomic E-state index is 12.9. The molecule has 8 heteroatoms. The SMILES string of the molecule is C/C=C/C/C=C(\C)[C@H](O)CC/C(C)=C/C=C(\C)C(=O)c1c(O)cc([C@H](C)CC/C=C/NC(=O)OC)oc1=O. The first kappa shape index (κ1) is 32.4. The van der Waals surface area contributed by atoms with Crippen molar-refractivity contribution in [2.75, 3.05) is 7.11 Å². The number of alkyl carbamates (subject to hydrolysis) is 1. The minimum absolute atomic E-state index is 0.209. The number of carbonyl (C=O) groups is 2. The monoisotopic (exact) mass is 527 g/mol. The third-order valence-electron chi connectivity index (χ3n) is 6.06. The van der Waals surface area contributed by atoms with Gasteiger partial charge in [-0.2, -0.15) is 0 Å². The summed E-state index contributed by atoms with van der Waals surface area (Å²) in [5.41, 5.74) is 0.870. The molecule has 2 atom stereocenters. The van der Waals surface area contributed by atoms with Gasteiger partial charge in [-0.25, -0.2) is 9.59 Å². The van der Waals surface area contributed by atoms with Crippen molar-refractivity contribution < 1.29 is 29.0 Å². The Morgan fingerprint density at radius 2 is 1.87 bits per heavy atom. The Hall–Kier alpha value is -3.65. The van der Waals surface area contributed by atoms with Crippen molar-refractivity contribution >= 4 is 11.9 Å². The number of ketones is 1. The molecule has 1 amide bonds. The summed E-state index contributed by atoms with van der Waals surface area (Å²) >= 11 is 0. The fraction of sp³-hybridized carbons (Fsp3) is 0.433. The van der Waals surface area contributed by atoms with Crippen LogP contribution in [-0.2, 0) is 4.74 Å². The number of aromatic hydroxyl groups is 1. The molecule has 0 aromatic carbocycles. The van der Waals surface area contributed by atoms with Crippen molar-refractivity contribution in [2.24, 2.45) is 0 Å². The zero-order chi connectivity index (χ0) is 28.7. The highest BCUT2D eigenvalue weighted by Gasteiger charge is 2.22. The van der Waals surface area contributed by atoms with E-state index in [0.29, 0.717) is 25.7 Å². The van der Waals surface area contributed by atoms with E-state index in [1.54, 1.807) is 25.2 Å². The number of hydrogen-bond acceptors (Lipinski definition) is 7. The van der Waals surface area contributed by atoms with Crippen molar-refractivity contribution in [3.8, 4) is 5.75 Å². The Labute approximate surface area is 225 Å². The summed E-state index contributed by atoms with van der Waals surface area (Å²) in [6.07, 6.45) is 14.6.